The summed E-state index contributed by atoms with van der Waals surface area (Å²) in [7, 11) is 0. The fraction of sp³-hybridized carbons (Fsp3) is 0.327. The SMILES string of the molecule is CC(C)Cc1cc(-c2[c-]cc(C3CCCCC3)cc2)nc[c]1[Ge]([CH3])([CH3])[CH3].CCn1c(-c2[c-]ccc3c2oc2nc(C)ccc23)nc2ccc3ccccc3c21.[Ir]. The fourth-order valence-electron chi connectivity index (χ4n) is 8.49. The molecule has 7 heteroatoms. The van der Waals surface area contributed by atoms with E-state index in [1.54, 1.807) is 4.40 Å². The van der Waals surface area contributed by atoms with E-state index >= 15 is 0 Å². The Labute approximate surface area is 348 Å². The van der Waals surface area contributed by atoms with Gasteiger partial charge in [-0.15, -0.1) is 18.2 Å². The van der Waals surface area contributed by atoms with Gasteiger partial charge >= 0.3 is 163 Å². The predicted molar refractivity (Wildman–Crippen MR) is 233 cm³/mol. The van der Waals surface area contributed by atoms with Gasteiger partial charge in [-0.25, -0.2) is 4.98 Å². The Morgan fingerprint density at radius 3 is 2.41 bits per heavy atom. The van der Waals surface area contributed by atoms with E-state index in [-0.39, 0.29) is 20.1 Å². The minimum Gasteiger partial charge on any atom is -0.486 e. The third-order valence-corrected chi connectivity index (χ3v) is 15.6. The smallest absolute Gasteiger partial charge is 0.216 e. The van der Waals surface area contributed by atoms with E-state index in [4.69, 9.17) is 14.4 Å². The van der Waals surface area contributed by atoms with Gasteiger partial charge in [0.15, 0.2) is 0 Å². The third-order valence-electron chi connectivity index (χ3n) is 11.2. The number of hydrogen-bond donors (Lipinski definition) is 0. The van der Waals surface area contributed by atoms with Crippen molar-refractivity contribution in [1.29, 1.82) is 0 Å². The van der Waals surface area contributed by atoms with Crippen molar-refractivity contribution in [1.82, 2.24) is 19.5 Å². The molecule has 0 amide bonds. The van der Waals surface area contributed by atoms with Crippen molar-refractivity contribution in [3.05, 3.63) is 120 Å². The molecule has 0 bridgehead atoms. The third kappa shape index (κ3) is 8.03. The van der Waals surface area contributed by atoms with Crippen LogP contribution in [0.25, 0.3) is 66.5 Å². The van der Waals surface area contributed by atoms with Crippen molar-refractivity contribution >= 4 is 61.5 Å². The van der Waals surface area contributed by atoms with E-state index in [2.05, 4.69) is 133 Å². The molecule has 0 aliphatic heterocycles. The van der Waals surface area contributed by atoms with Gasteiger partial charge in [0.2, 0.25) is 5.71 Å². The van der Waals surface area contributed by atoms with Gasteiger partial charge in [-0.3, -0.25) is 4.98 Å². The Bertz CT molecular complexity index is 2630. The molecule has 4 heterocycles. The predicted octanol–water partition coefficient (Wildman–Crippen LogP) is 12.6. The first-order valence-corrected chi connectivity index (χ1v) is 27.5. The van der Waals surface area contributed by atoms with Gasteiger partial charge in [-0.1, -0.05) is 41.3 Å². The van der Waals surface area contributed by atoms with Crippen LogP contribution in [0.3, 0.4) is 0 Å². The normalized spacial score (nSPS) is 13.7. The van der Waals surface area contributed by atoms with Crippen LogP contribution in [0.5, 0.6) is 0 Å². The Balaban J connectivity index is 0.000000170. The van der Waals surface area contributed by atoms with Crippen LogP contribution < -0.4 is 4.40 Å². The molecule has 0 unspecified atom stereocenters. The molecule has 8 aromatic rings. The molecule has 4 aromatic carbocycles. The topological polar surface area (TPSA) is 56.7 Å². The number of aromatic nitrogens is 4. The van der Waals surface area contributed by atoms with Crippen LogP contribution in [0, 0.1) is 25.0 Å². The fourth-order valence-corrected chi connectivity index (χ4v) is 11.8. The van der Waals surface area contributed by atoms with Gasteiger partial charge in [0, 0.05) is 43.1 Å². The number of nitrogens with zero attached hydrogens (tertiary/aromatic N) is 4. The monoisotopic (exact) mass is 979 g/mol. The first-order chi connectivity index (χ1) is 26.6. The number of pyridine rings is 2. The molecular weight excluding hydrogens is 925 g/mol. The summed E-state index contributed by atoms with van der Waals surface area (Å²) in [4.78, 5) is 14.4. The van der Waals surface area contributed by atoms with Crippen molar-refractivity contribution in [3.8, 4) is 22.6 Å². The summed E-state index contributed by atoms with van der Waals surface area (Å²) in [5, 5.41) is 4.48. The molecule has 5 nitrogen and oxygen atoms in total. The maximum absolute atomic E-state index is 6.21. The van der Waals surface area contributed by atoms with E-state index in [1.807, 2.05) is 25.1 Å². The van der Waals surface area contributed by atoms with E-state index in [9.17, 15) is 0 Å². The first kappa shape index (κ1) is 40.1. The molecule has 56 heavy (non-hydrogen) atoms. The van der Waals surface area contributed by atoms with Gasteiger partial charge in [0.25, 0.3) is 0 Å². The molecule has 1 aliphatic rings. The molecule has 4 aromatic heterocycles. The molecule has 0 saturated heterocycles. The van der Waals surface area contributed by atoms with Crippen molar-refractivity contribution in [3.63, 3.8) is 0 Å². The van der Waals surface area contributed by atoms with E-state index in [0.717, 1.165) is 74.6 Å². The summed E-state index contributed by atoms with van der Waals surface area (Å²) in [5.41, 5.74) is 10.6. The standard InChI is InChI=1S/C25H18N3O.C24H34GeN.Ir/c1-3-28-22-17-8-5-4-7-16(17)12-14-21(22)27-24(28)20-10-6-9-18-19-13-11-15(2)26-25(19)29-23(18)20;1-18(2)15-22-16-24(26-17-23(22)25(3,4)5)21-13-11-20(12-14-21)19-9-7-6-8-10-19;/h4-9,11-14H,3H2,1-2H3;11-13,16-19H,6-10,15H2,1-5H3;/q2*-1;. The van der Waals surface area contributed by atoms with Crippen LogP contribution in [0.2, 0.25) is 17.3 Å². The van der Waals surface area contributed by atoms with Crippen LogP contribution >= 0.6 is 0 Å². The second-order valence-electron chi connectivity index (χ2n) is 16.8. The van der Waals surface area contributed by atoms with Gasteiger partial charge in [-0.2, -0.15) is 0 Å². The number of benzene rings is 4. The maximum atomic E-state index is 6.21. The molecule has 289 valence electrons. The van der Waals surface area contributed by atoms with Crippen molar-refractivity contribution in [2.45, 2.75) is 96.0 Å². The van der Waals surface area contributed by atoms with Crippen LogP contribution in [-0.4, -0.2) is 32.8 Å². The molecule has 1 saturated carbocycles. The number of fused-ring (bicyclic) bond motifs is 6. The van der Waals surface area contributed by atoms with E-state index in [0.29, 0.717) is 11.6 Å². The van der Waals surface area contributed by atoms with Crippen molar-refractivity contribution in [2.75, 3.05) is 0 Å². The summed E-state index contributed by atoms with van der Waals surface area (Å²) in [6.07, 6.45) is 10.2. The Morgan fingerprint density at radius 1 is 0.875 bits per heavy atom. The second kappa shape index (κ2) is 16.8. The minimum atomic E-state index is -1.90. The Morgan fingerprint density at radius 2 is 1.68 bits per heavy atom. The molecule has 0 atom stereocenters. The summed E-state index contributed by atoms with van der Waals surface area (Å²) in [5.74, 6) is 9.68. The van der Waals surface area contributed by atoms with Crippen molar-refractivity contribution in [2.24, 2.45) is 5.92 Å². The molecule has 1 aliphatic carbocycles. The number of imidazole rings is 1. The van der Waals surface area contributed by atoms with Gasteiger partial charge in [0.05, 0.1) is 22.4 Å². The maximum Gasteiger partial charge on any atom is 0.216 e. The molecule has 1 fully saturated rings. The molecule has 1 radical (unpaired) electrons. The largest absolute Gasteiger partial charge is 0.486 e. The minimum absolute atomic E-state index is 0. The summed E-state index contributed by atoms with van der Waals surface area (Å²) in [6.45, 7) is 9.55. The summed E-state index contributed by atoms with van der Waals surface area (Å²) >= 11 is -1.90. The zero-order valence-corrected chi connectivity index (χ0v) is 38.3. The summed E-state index contributed by atoms with van der Waals surface area (Å²) in [6, 6.07) is 36.8. The molecule has 0 spiro atoms. The van der Waals surface area contributed by atoms with Crippen LogP contribution in [0.1, 0.15) is 75.6 Å². The van der Waals surface area contributed by atoms with E-state index in [1.165, 1.54) is 54.0 Å². The quantitative estimate of drug-likeness (QED) is 0.118. The zero-order chi connectivity index (χ0) is 38.3. The molecular formula is C49H52GeIrN4O-2. The van der Waals surface area contributed by atoms with Crippen LogP contribution in [-0.2, 0) is 33.1 Å². The average molecular weight is 978 g/mol. The number of furan rings is 1. The number of hydrogen-bond acceptors (Lipinski definition) is 4. The van der Waals surface area contributed by atoms with Crippen LogP contribution in [0.15, 0.2) is 95.5 Å². The van der Waals surface area contributed by atoms with Gasteiger partial charge in [0.1, 0.15) is 0 Å². The molecule has 0 N–H and O–H groups in total. The Kier molecular flexibility index (Phi) is 12.0. The molecule has 9 rings (SSSR count). The Hall–Kier alpha value is -4.10. The first-order valence-electron chi connectivity index (χ1n) is 20.2. The number of aryl methyl sites for hydroxylation is 2. The van der Waals surface area contributed by atoms with Gasteiger partial charge < -0.3 is 8.98 Å². The average Bonchev–Trinajstić information content (AvgIpc) is 3.76. The van der Waals surface area contributed by atoms with Crippen LogP contribution in [0.4, 0.5) is 0 Å². The second-order valence-corrected chi connectivity index (χ2v) is 27.4. The number of rotatable bonds is 7. The van der Waals surface area contributed by atoms with Crippen molar-refractivity contribution < 1.29 is 24.5 Å². The van der Waals surface area contributed by atoms with Gasteiger partial charge in [-0.05, 0) is 37.4 Å². The van der Waals surface area contributed by atoms with E-state index < -0.39 is 13.3 Å². The summed E-state index contributed by atoms with van der Waals surface area (Å²) < 4.78 is 10.0. The zero-order valence-electron chi connectivity index (χ0n) is 33.8.